The summed E-state index contributed by atoms with van der Waals surface area (Å²) in [5.41, 5.74) is 0.0288. The van der Waals surface area contributed by atoms with Crippen molar-refractivity contribution in [1.82, 2.24) is 4.90 Å². The second-order valence-electron chi connectivity index (χ2n) is 4.50. The quantitative estimate of drug-likeness (QED) is 0.798. The molecule has 0 radical (unpaired) electrons. The Balaban J connectivity index is 2.84. The highest BCUT2D eigenvalue weighted by Crippen LogP contribution is 2.20. The summed E-state index contributed by atoms with van der Waals surface area (Å²) in [5, 5.41) is 12.0. The van der Waals surface area contributed by atoms with E-state index >= 15 is 0 Å². The fraction of sp³-hybridized carbons (Fsp3) is 0.500. The molecule has 106 valence electrons. The van der Waals surface area contributed by atoms with E-state index in [1.165, 1.54) is 18.2 Å². The van der Waals surface area contributed by atoms with Crippen molar-refractivity contribution in [3.05, 3.63) is 29.6 Å². The molecule has 2 N–H and O–H groups in total. The SMILES string of the molecule is CCN(CC)CC(C)Nc1c(F)cccc1C(=O)O. The van der Waals surface area contributed by atoms with Crippen molar-refractivity contribution < 1.29 is 14.3 Å². The van der Waals surface area contributed by atoms with Gasteiger partial charge in [0.15, 0.2) is 0 Å². The van der Waals surface area contributed by atoms with Gasteiger partial charge in [-0.2, -0.15) is 0 Å². The van der Waals surface area contributed by atoms with Gasteiger partial charge in [-0.3, -0.25) is 0 Å². The second kappa shape index (κ2) is 7.09. The predicted octanol–water partition coefficient (Wildman–Crippen LogP) is 2.67. The Kier molecular flexibility index (Phi) is 5.76. The lowest BCUT2D eigenvalue weighted by Crippen LogP contribution is -2.35. The Morgan fingerprint density at radius 2 is 2.05 bits per heavy atom. The summed E-state index contributed by atoms with van der Waals surface area (Å²) in [6.45, 7) is 8.58. The summed E-state index contributed by atoms with van der Waals surface area (Å²) >= 11 is 0. The highest BCUT2D eigenvalue weighted by molar-refractivity contribution is 5.94. The number of benzene rings is 1. The molecule has 0 bridgehead atoms. The largest absolute Gasteiger partial charge is 0.478 e. The number of hydrogen-bond acceptors (Lipinski definition) is 3. The van der Waals surface area contributed by atoms with E-state index in [4.69, 9.17) is 5.11 Å². The van der Waals surface area contributed by atoms with Crippen LogP contribution in [0.25, 0.3) is 0 Å². The molecule has 1 rings (SSSR count). The van der Waals surface area contributed by atoms with Crippen LogP contribution in [-0.4, -0.2) is 41.7 Å². The van der Waals surface area contributed by atoms with Crippen LogP contribution < -0.4 is 5.32 Å². The number of halogens is 1. The molecule has 4 nitrogen and oxygen atoms in total. The maximum Gasteiger partial charge on any atom is 0.337 e. The van der Waals surface area contributed by atoms with E-state index in [2.05, 4.69) is 24.1 Å². The van der Waals surface area contributed by atoms with Gasteiger partial charge >= 0.3 is 5.97 Å². The van der Waals surface area contributed by atoms with Crippen LogP contribution in [-0.2, 0) is 0 Å². The van der Waals surface area contributed by atoms with Gasteiger partial charge in [0.2, 0.25) is 0 Å². The third-order valence-corrected chi connectivity index (χ3v) is 3.06. The molecule has 1 aromatic carbocycles. The minimum absolute atomic E-state index is 0.0325. The molecule has 0 spiro atoms. The Labute approximate surface area is 113 Å². The van der Waals surface area contributed by atoms with Crippen LogP contribution in [0.4, 0.5) is 10.1 Å². The average Bonchev–Trinajstić information content (AvgIpc) is 2.38. The van der Waals surface area contributed by atoms with Crippen molar-refractivity contribution in [1.29, 1.82) is 0 Å². The summed E-state index contributed by atoms with van der Waals surface area (Å²) in [5.74, 6) is -1.66. The minimum atomic E-state index is -1.13. The first-order valence-corrected chi connectivity index (χ1v) is 6.50. The third kappa shape index (κ3) is 4.21. The van der Waals surface area contributed by atoms with E-state index < -0.39 is 11.8 Å². The second-order valence-corrected chi connectivity index (χ2v) is 4.50. The van der Waals surface area contributed by atoms with Gasteiger partial charge < -0.3 is 15.3 Å². The Hall–Kier alpha value is -1.62. The monoisotopic (exact) mass is 268 g/mol. The minimum Gasteiger partial charge on any atom is -0.478 e. The molecule has 1 atom stereocenters. The van der Waals surface area contributed by atoms with Gasteiger partial charge in [-0.25, -0.2) is 9.18 Å². The molecule has 0 aliphatic heterocycles. The van der Waals surface area contributed by atoms with E-state index in [9.17, 15) is 9.18 Å². The number of hydrogen-bond donors (Lipinski definition) is 2. The van der Waals surface area contributed by atoms with Crippen molar-refractivity contribution in [2.45, 2.75) is 26.8 Å². The highest BCUT2D eigenvalue weighted by Gasteiger charge is 2.16. The average molecular weight is 268 g/mol. The zero-order chi connectivity index (χ0) is 14.4. The van der Waals surface area contributed by atoms with Crippen molar-refractivity contribution in [2.24, 2.45) is 0 Å². The van der Waals surface area contributed by atoms with Crippen LogP contribution in [0.1, 0.15) is 31.1 Å². The van der Waals surface area contributed by atoms with Crippen LogP contribution in [0.15, 0.2) is 18.2 Å². The van der Waals surface area contributed by atoms with Gasteiger partial charge in [-0.1, -0.05) is 19.9 Å². The number of anilines is 1. The number of para-hydroxylation sites is 1. The molecule has 19 heavy (non-hydrogen) atoms. The van der Waals surface area contributed by atoms with Gasteiger partial charge in [0.25, 0.3) is 0 Å². The molecule has 0 saturated heterocycles. The fourth-order valence-corrected chi connectivity index (χ4v) is 2.01. The molecule has 0 aliphatic carbocycles. The van der Waals surface area contributed by atoms with Gasteiger partial charge in [0.05, 0.1) is 11.3 Å². The summed E-state index contributed by atoms with van der Waals surface area (Å²) in [6.07, 6.45) is 0. The third-order valence-electron chi connectivity index (χ3n) is 3.06. The Morgan fingerprint density at radius 1 is 1.42 bits per heavy atom. The van der Waals surface area contributed by atoms with Crippen LogP contribution in [0.3, 0.4) is 0 Å². The first kappa shape index (κ1) is 15.4. The van der Waals surface area contributed by atoms with Gasteiger partial charge in [-0.05, 0) is 32.1 Å². The van der Waals surface area contributed by atoms with Gasteiger partial charge in [0.1, 0.15) is 5.82 Å². The first-order chi connectivity index (χ1) is 8.99. The molecule has 0 saturated carbocycles. The maximum absolute atomic E-state index is 13.7. The van der Waals surface area contributed by atoms with E-state index in [0.717, 1.165) is 19.6 Å². The van der Waals surface area contributed by atoms with Crippen molar-refractivity contribution in [2.75, 3.05) is 25.0 Å². The topological polar surface area (TPSA) is 52.6 Å². The van der Waals surface area contributed by atoms with Crippen LogP contribution in [0.5, 0.6) is 0 Å². The summed E-state index contributed by atoms with van der Waals surface area (Å²) in [4.78, 5) is 13.3. The predicted molar refractivity (Wildman–Crippen MR) is 74.2 cm³/mol. The molecule has 0 aliphatic rings. The summed E-state index contributed by atoms with van der Waals surface area (Å²) in [6, 6.07) is 4.03. The number of likely N-dealkylation sites (N-methyl/N-ethyl adjacent to an activating group) is 1. The van der Waals surface area contributed by atoms with Crippen molar-refractivity contribution >= 4 is 11.7 Å². The zero-order valence-corrected chi connectivity index (χ0v) is 11.6. The zero-order valence-electron chi connectivity index (χ0n) is 11.6. The fourth-order valence-electron chi connectivity index (χ4n) is 2.01. The number of carboxylic acid groups (broad SMARTS) is 1. The molecule has 0 amide bonds. The van der Waals surface area contributed by atoms with Gasteiger partial charge in [-0.15, -0.1) is 0 Å². The van der Waals surface area contributed by atoms with E-state index in [0.29, 0.717) is 0 Å². The van der Waals surface area contributed by atoms with Crippen LogP contribution in [0, 0.1) is 5.82 Å². The summed E-state index contributed by atoms with van der Waals surface area (Å²) in [7, 11) is 0. The molecule has 5 heteroatoms. The molecular weight excluding hydrogens is 247 g/mol. The Morgan fingerprint density at radius 3 is 2.58 bits per heavy atom. The lowest BCUT2D eigenvalue weighted by atomic mass is 10.1. The maximum atomic E-state index is 13.7. The number of nitrogens with one attached hydrogen (secondary N) is 1. The molecule has 1 unspecified atom stereocenters. The van der Waals surface area contributed by atoms with Crippen molar-refractivity contribution in [3.8, 4) is 0 Å². The standard InChI is InChI=1S/C14H21FN2O2/c1-4-17(5-2)9-10(3)16-13-11(14(18)19)7-6-8-12(13)15/h6-8,10,16H,4-5,9H2,1-3H3,(H,18,19). The molecule has 0 fully saturated rings. The highest BCUT2D eigenvalue weighted by atomic mass is 19.1. The van der Waals surface area contributed by atoms with E-state index in [1.54, 1.807) is 0 Å². The van der Waals surface area contributed by atoms with Crippen molar-refractivity contribution in [3.63, 3.8) is 0 Å². The first-order valence-electron chi connectivity index (χ1n) is 6.50. The number of rotatable bonds is 7. The molecule has 0 aromatic heterocycles. The molecule has 0 heterocycles. The van der Waals surface area contributed by atoms with Crippen LogP contribution in [0.2, 0.25) is 0 Å². The normalized spacial score (nSPS) is 12.5. The van der Waals surface area contributed by atoms with Gasteiger partial charge in [0, 0.05) is 12.6 Å². The van der Waals surface area contributed by atoms with E-state index in [-0.39, 0.29) is 17.3 Å². The molecular formula is C14H21FN2O2. The molecule has 1 aromatic rings. The number of aromatic carboxylic acids is 1. The summed E-state index contributed by atoms with van der Waals surface area (Å²) < 4.78 is 13.7. The lowest BCUT2D eigenvalue weighted by molar-refractivity contribution is 0.0697. The Bertz CT molecular complexity index is 433. The number of carbonyl (C=O) groups is 1. The van der Waals surface area contributed by atoms with E-state index in [1.807, 2.05) is 6.92 Å². The van der Waals surface area contributed by atoms with Crippen LogP contribution >= 0.6 is 0 Å². The number of carboxylic acids is 1. The smallest absolute Gasteiger partial charge is 0.337 e. The lowest BCUT2D eigenvalue weighted by Gasteiger charge is -2.24. The number of nitrogens with zero attached hydrogens (tertiary/aromatic N) is 1.